The van der Waals surface area contributed by atoms with Crippen LogP contribution in [0.25, 0.3) is 10.9 Å². The van der Waals surface area contributed by atoms with E-state index in [1.165, 1.54) is 0 Å². The van der Waals surface area contributed by atoms with Crippen LogP contribution in [0.15, 0.2) is 83.7 Å². The van der Waals surface area contributed by atoms with Crippen molar-refractivity contribution in [3.63, 3.8) is 0 Å². The lowest BCUT2D eigenvalue weighted by molar-refractivity contribution is 0.0652. The SMILES string of the molecule is Cc1ccccc1C(=O)N(CC(C)C)C(C)c1nc2ccccc2c(=O)n1Cc1ccccc1. The van der Waals surface area contributed by atoms with Gasteiger partial charge in [-0.25, -0.2) is 4.98 Å². The minimum atomic E-state index is -0.393. The third kappa shape index (κ3) is 4.79. The lowest BCUT2D eigenvalue weighted by Crippen LogP contribution is -2.40. The quantitative estimate of drug-likeness (QED) is 0.365. The largest absolute Gasteiger partial charge is 0.328 e. The van der Waals surface area contributed by atoms with Gasteiger partial charge < -0.3 is 4.90 Å². The Labute approximate surface area is 200 Å². The molecule has 0 aliphatic rings. The van der Waals surface area contributed by atoms with E-state index in [-0.39, 0.29) is 17.4 Å². The van der Waals surface area contributed by atoms with Crippen molar-refractivity contribution in [1.29, 1.82) is 0 Å². The fraction of sp³-hybridized carbons (Fsp3) is 0.276. The minimum absolute atomic E-state index is 0.0482. The first kappa shape index (κ1) is 23.4. The van der Waals surface area contributed by atoms with Crippen LogP contribution in [-0.4, -0.2) is 26.9 Å². The number of benzene rings is 3. The van der Waals surface area contributed by atoms with Crippen LogP contribution in [0.4, 0.5) is 0 Å². The predicted molar refractivity (Wildman–Crippen MR) is 137 cm³/mol. The Morgan fingerprint density at radius 3 is 2.26 bits per heavy atom. The maximum absolute atomic E-state index is 13.7. The van der Waals surface area contributed by atoms with Crippen molar-refractivity contribution in [2.75, 3.05) is 6.54 Å². The van der Waals surface area contributed by atoms with Gasteiger partial charge in [0.2, 0.25) is 0 Å². The standard InChI is InChI=1S/C29H31N3O2/c1-20(2)18-31(28(33)24-15-9-8-12-21(24)3)22(4)27-30-26-17-11-10-16-25(26)29(34)32(27)19-23-13-6-5-7-14-23/h5-17,20,22H,18-19H2,1-4H3. The number of rotatable bonds is 7. The number of aryl methyl sites for hydroxylation is 1. The number of aromatic nitrogens is 2. The average Bonchev–Trinajstić information content (AvgIpc) is 2.84. The molecule has 1 atom stereocenters. The van der Waals surface area contributed by atoms with Gasteiger partial charge in [-0.2, -0.15) is 0 Å². The van der Waals surface area contributed by atoms with E-state index in [0.717, 1.165) is 11.1 Å². The molecule has 0 aliphatic heterocycles. The van der Waals surface area contributed by atoms with Crippen LogP contribution in [-0.2, 0) is 6.54 Å². The molecule has 0 bridgehead atoms. The third-order valence-electron chi connectivity index (χ3n) is 6.11. The molecule has 0 N–H and O–H groups in total. The number of hydrogen-bond donors (Lipinski definition) is 0. The van der Waals surface area contributed by atoms with E-state index < -0.39 is 6.04 Å². The highest BCUT2D eigenvalue weighted by Crippen LogP contribution is 2.25. The monoisotopic (exact) mass is 453 g/mol. The number of fused-ring (bicyclic) bond motifs is 1. The molecule has 0 saturated heterocycles. The van der Waals surface area contributed by atoms with Gasteiger partial charge in [0.15, 0.2) is 0 Å². The van der Waals surface area contributed by atoms with E-state index in [0.29, 0.717) is 35.4 Å². The molecule has 4 rings (SSSR count). The lowest BCUT2D eigenvalue weighted by Gasteiger charge is -2.32. The van der Waals surface area contributed by atoms with E-state index in [1.54, 1.807) is 4.57 Å². The summed E-state index contributed by atoms with van der Waals surface area (Å²) in [5.74, 6) is 0.799. The Hall–Kier alpha value is -3.73. The molecule has 5 heteroatoms. The van der Waals surface area contributed by atoms with Gasteiger partial charge in [0.1, 0.15) is 5.82 Å². The number of hydrogen-bond acceptors (Lipinski definition) is 3. The van der Waals surface area contributed by atoms with Crippen molar-refractivity contribution < 1.29 is 4.79 Å². The van der Waals surface area contributed by atoms with Crippen LogP contribution in [0.3, 0.4) is 0 Å². The molecule has 1 amide bonds. The molecule has 0 spiro atoms. The molecule has 1 unspecified atom stereocenters. The zero-order valence-electron chi connectivity index (χ0n) is 20.2. The number of amides is 1. The summed E-state index contributed by atoms with van der Waals surface area (Å²) in [6.45, 7) is 9.06. The number of carbonyl (C=O) groups excluding carboxylic acids is 1. The molecule has 0 radical (unpaired) electrons. The Morgan fingerprint density at radius 2 is 1.56 bits per heavy atom. The zero-order chi connectivity index (χ0) is 24.2. The highest BCUT2D eigenvalue weighted by Gasteiger charge is 2.28. The molecule has 4 aromatic rings. The van der Waals surface area contributed by atoms with E-state index in [4.69, 9.17) is 4.98 Å². The van der Waals surface area contributed by atoms with Gasteiger partial charge in [0, 0.05) is 12.1 Å². The smallest absolute Gasteiger partial charge is 0.261 e. The summed E-state index contributed by atoms with van der Waals surface area (Å²) >= 11 is 0. The average molecular weight is 454 g/mol. The van der Waals surface area contributed by atoms with Crippen molar-refractivity contribution >= 4 is 16.8 Å². The van der Waals surface area contributed by atoms with Crippen LogP contribution < -0.4 is 5.56 Å². The van der Waals surface area contributed by atoms with Crippen molar-refractivity contribution in [3.8, 4) is 0 Å². The molecule has 34 heavy (non-hydrogen) atoms. The fourth-order valence-corrected chi connectivity index (χ4v) is 4.34. The molecule has 5 nitrogen and oxygen atoms in total. The van der Waals surface area contributed by atoms with Crippen LogP contribution in [0.2, 0.25) is 0 Å². The fourth-order valence-electron chi connectivity index (χ4n) is 4.34. The van der Waals surface area contributed by atoms with Gasteiger partial charge in [-0.1, -0.05) is 74.5 Å². The molecule has 0 fully saturated rings. The predicted octanol–water partition coefficient (Wildman–Crippen LogP) is 5.61. The summed E-state index contributed by atoms with van der Waals surface area (Å²) in [5.41, 5.74) is 3.17. The molecule has 0 aliphatic carbocycles. The van der Waals surface area contributed by atoms with Gasteiger partial charge in [0.05, 0.1) is 23.5 Å². The Balaban J connectivity index is 1.86. The van der Waals surface area contributed by atoms with Crippen molar-refractivity contribution in [2.45, 2.75) is 40.3 Å². The molecular weight excluding hydrogens is 422 g/mol. The van der Waals surface area contributed by atoms with Gasteiger partial charge in [-0.05, 0) is 49.1 Å². The van der Waals surface area contributed by atoms with E-state index in [2.05, 4.69) is 13.8 Å². The van der Waals surface area contributed by atoms with Crippen LogP contribution in [0.5, 0.6) is 0 Å². The molecule has 1 aromatic heterocycles. The summed E-state index contributed by atoms with van der Waals surface area (Å²) in [7, 11) is 0. The second-order valence-corrected chi connectivity index (χ2v) is 9.21. The molecule has 1 heterocycles. The van der Waals surface area contributed by atoms with Crippen LogP contribution in [0, 0.1) is 12.8 Å². The van der Waals surface area contributed by atoms with Gasteiger partial charge >= 0.3 is 0 Å². The third-order valence-corrected chi connectivity index (χ3v) is 6.11. The van der Waals surface area contributed by atoms with E-state index >= 15 is 0 Å². The molecule has 174 valence electrons. The van der Waals surface area contributed by atoms with E-state index in [1.807, 2.05) is 97.6 Å². The van der Waals surface area contributed by atoms with Crippen molar-refractivity contribution in [3.05, 3.63) is 112 Å². The van der Waals surface area contributed by atoms with Gasteiger partial charge in [0.25, 0.3) is 11.5 Å². The summed E-state index contributed by atoms with van der Waals surface area (Å²) in [5, 5.41) is 0.579. The summed E-state index contributed by atoms with van der Waals surface area (Å²) in [6, 6.07) is 24.5. The summed E-state index contributed by atoms with van der Waals surface area (Å²) < 4.78 is 1.72. The van der Waals surface area contributed by atoms with Crippen molar-refractivity contribution in [1.82, 2.24) is 14.5 Å². The molecule has 0 saturated carbocycles. The number of para-hydroxylation sites is 1. The Bertz CT molecular complexity index is 1360. The first-order valence-electron chi connectivity index (χ1n) is 11.8. The molecular formula is C29H31N3O2. The minimum Gasteiger partial charge on any atom is -0.328 e. The first-order chi connectivity index (χ1) is 16.4. The maximum Gasteiger partial charge on any atom is 0.261 e. The highest BCUT2D eigenvalue weighted by molar-refractivity contribution is 5.95. The number of carbonyl (C=O) groups is 1. The lowest BCUT2D eigenvalue weighted by atomic mass is 10.0. The van der Waals surface area contributed by atoms with Crippen molar-refractivity contribution in [2.24, 2.45) is 5.92 Å². The topological polar surface area (TPSA) is 55.2 Å². The number of nitrogens with zero attached hydrogens (tertiary/aromatic N) is 3. The Morgan fingerprint density at radius 1 is 0.912 bits per heavy atom. The molecule has 3 aromatic carbocycles. The second-order valence-electron chi connectivity index (χ2n) is 9.21. The summed E-state index contributed by atoms with van der Waals surface area (Å²) in [6.07, 6.45) is 0. The van der Waals surface area contributed by atoms with Crippen LogP contribution >= 0.6 is 0 Å². The summed E-state index contributed by atoms with van der Waals surface area (Å²) in [4.78, 5) is 34.1. The highest BCUT2D eigenvalue weighted by atomic mass is 16.2. The second kappa shape index (κ2) is 10.0. The van der Waals surface area contributed by atoms with Gasteiger partial charge in [-0.15, -0.1) is 0 Å². The maximum atomic E-state index is 13.7. The van der Waals surface area contributed by atoms with Gasteiger partial charge in [-0.3, -0.25) is 14.2 Å². The normalized spacial score (nSPS) is 12.1. The van der Waals surface area contributed by atoms with Crippen LogP contribution in [0.1, 0.15) is 54.1 Å². The van der Waals surface area contributed by atoms with E-state index in [9.17, 15) is 9.59 Å². The zero-order valence-corrected chi connectivity index (χ0v) is 20.2. The first-order valence-corrected chi connectivity index (χ1v) is 11.8. The Kier molecular flexibility index (Phi) is 6.92.